The zero-order valence-corrected chi connectivity index (χ0v) is 10.8. The maximum Gasteiger partial charge on any atom is 0.443 e. The molecular formula is C12H15F3N2S. The largest absolute Gasteiger partial charge is 0.443 e. The minimum absolute atomic E-state index is 0.0499. The quantitative estimate of drug-likeness (QED) is 0.914. The van der Waals surface area contributed by atoms with E-state index in [1.165, 1.54) is 25.5 Å². The molecule has 1 aromatic heterocycles. The van der Waals surface area contributed by atoms with E-state index in [-0.39, 0.29) is 6.04 Å². The average molecular weight is 276 g/mol. The fourth-order valence-corrected chi connectivity index (χ4v) is 4.41. The predicted molar refractivity (Wildman–Crippen MR) is 63.2 cm³/mol. The lowest BCUT2D eigenvalue weighted by molar-refractivity contribution is -0.137. The number of alkyl halides is 3. The Morgan fingerprint density at radius 2 is 2.06 bits per heavy atom. The van der Waals surface area contributed by atoms with Gasteiger partial charge in [-0.25, -0.2) is 4.98 Å². The van der Waals surface area contributed by atoms with Crippen molar-refractivity contribution in [2.45, 2.75) is 31.5 Å². The minimum Gasteiger partial charge on any atom is -0.312 e. The highest BCUT2D eigenvalue weighted by atomic mass is 32.1. The summed E-state index contributed by atoms with van der Waals surface area (Å²) < 4.78 is 37.6. The highest BCUT2D eigenvalue weighted by Gasteiger charge is 2.56. The molecule has 2 aliphatic rings. The van der Waals surface area contributed by atoms with E-state index in [9.17, 15) is 13.2 Å². The Morgan fingerprint density at radius 1 is 1.39 bits per heavy atom. The molecule has 1 N–H and O–H groups in total. The number of hydrogen-bond acceptors (Lipinski definition) is 3. The summed E-state index contributed by atoms with van der Waals surface area (Å²) in [5, 5.41) is 2.44. The van der Waals surface area contributed by atoms with Crippen LogP contribution in [-0.2, 0) is 6.18 Å². The van der Waals surface area contributed by atoms with Crippen molar-refractivity contribution in [1.29, 1.82) is 0 Å². The van der Waals surface area contributed by atoms with Gasteiger partial charge in [0, 0.05) is 17.1 Å². The molecule has 2 nitrogen and oxygen atoms in total. The van der Waals surface area contributed by atoms with Gasteiger partial charge < -0.3 is 5.32 Å². The first kappa shape index (κ1) is 12.4. The van der Waals surface area contributed by atoms with Crippen LogP contribution in [0.2, 0.25) is 0 Å². The van der Waals surface area contributed by atoms with Crippen LogP contribution in [0.1, 0.15) is 35.2 Å². The van der Waals surface area contributed by atoms with Gasteiger partial charge in [0.25, 0.3) is 0 Å². The zero-order valence-electron chi connectivity index (χ0n) is 10.00. The Balaban J connectivity index is 1.78. The molecule has 100 valence electrons. The van der Waals surface area contributed by atoms with Crippen LogP contribution in [0, 0.1) is 17.8 Å². The summed E-state index contributed by atoms with van der Waals surface area (Å²) in [6, 6.07) is 0.0499. The monoisotopic (exact) mass is 276 g/mol. The van der Waals surface area contributed by atoms with Crippen molar-refractivity contribution in [3.63, 3.8) is 0 Å². The highest BCUT2D eigenvalue weighted by Crippen LogP contribution is 2.62. The smallest absolute Gasteiger partial charge is 0.312 e. The van der Waals surface area contributed by atoms with Crippen LogP contribution in [0.4, 0.5) is 13.2 Å². The summed E-state index contributed by atoms with van der Waals surface area (Å²) in [6.45, 7) is 0. The molecule has 0 amide bonds. The van der Waals surface area contributed by atoms with Crippen LogP contribution in [0.15, 0.2) is 6.20 Å². The third kappa shape index (κ3) is 1.95. The molecule has 2 aliphatic carbocycles. The first-order valence-corrected chi connectivity index (χ1v) is 7.04. The molecule has 0 saturated heterocycles. The van der Waals surface area contributed by atoms with E-state index in [1.54, 1.807) is 0 Å². The fourth-order valence-electron chi connectivity index (χ4n) is 3.46. The molecule has 3 unspecified atom stereocenters. The molecule has 0 aromatic carbocycles. The normalized spacial score (nSPS) is 32.3. The van der Waals surface area contributed by atoms with Crippen LogP contribution in [-0.4, -0.2) is 12.0 Å². The third-order valence-electron chi connectivity index (χ3n) is 4.24. The number of nitrogens with one attached hydrogen (secondary N) is 1. The van der Waals surface area contributed by atoms with Gasteiger partial charge in [0.05, 0.1) is 0 Å². The Bertz CT molecular complexity index is 433. The second-order valence-electron chi connectivity index (χ2n) is 5.17. The number of nitrogens with zero attached hydrogens (tertiary/aromatic N) is 1. The summed E-state index contributed by atoms with van der Waals surface area (Å²) in [5.74, 6) is 1.96. The molecule has 0 spiro atoms. The Hall–Kier alpha value is -0.620. The van der Waals surface area contributed by atoms with E-state index in [0.29, 0.717) is 5.92 Å². The van der Waals surface area contributed by atoms with Crippen LogP contribution in [0.5, 0.6) is 0 Å². The standard InChI is InChI=1S/C12H15F3N2S/c1-16-10(9-6-3-2-4-7(6)9)8-5-17-11(18-8)12(13,14)15/h5-7,9-10,16H,2-4H2,1H3. The van der Waals surface area contributed by atoms with Crippen molar-refractivity contribution in [1.82, 2.24) is 10.3 Å². The molecule has 6 heteroatoms. The molecule has 3 atom stereocenters. The first-order valence-electron chi connectivity index (χ1n) is 6.22. The van der Waals surface area contributed by atoms with E-state index < -0.39 is 11.2 Å². The molecule has 18 heavy (non-hydrogen) atoms. The number of aromatic nitrogens is 1. The number of halogens is 3. The number of rotatable bonds is 3. The van der Waals surface area contributed by atoms with Crippen molar-refractivity contribution in [2.75, 3.05) is 7.05 Å². The average Bonchev–Trinajstić information content (AvgIpc) is 2.76. The van der Waals surface area contributed by atoms with Crippen LogP contribution in [0.3, 0.4) is 0 Å². The molecule has 1 heterocycles. The van der Waals surface area contributed by atoms with E-state index in [0.717, 1.165) is 28.0 Å². The summed E-state index contributed by atoms with van der Waals surface area (Å²) in [7, 11) is 1.83. The molecule has 0 aliphatic heterocycles. The van der Waals surface area contributed by atoms with Gasteiger partial charge in [-0.05, 0) is 37.6 Å². The Kier molecular flexibility index (Phi) is 2.90. The molecule has 0 radical (unpaired) electrons. The van der Waals surface area contributed by atoms with Gasteiger partial charge in [-0.2, -0.15) is 13.2 Å². The second-order valence-corrected chi connectivity index (χ2v) is 6.23. The predicted octanol–water partition coefficient (Wildman–Crippen LogP) is 3.47. The SMILES string of the molecule is CNC(c1cnc(C(F)(F)F)s1)C1C2CCCC21. The number of fused-ring (bicyclic) bond motifs is 1. The summed E-state index contributed by atoms with van der Waals surface area (Å²) in [6.07, 6.45) is 0.818. The van der Waals surface area contributed by atoms with E-state index >= 15 is 0 Å². The fraction of sp³-hybridized carbons (Fsp3) is 0.750. The van der Waals surface area contributed by atoms with Crippen molar-refractivity contribution in [2.24, 2.45) is 17.8 Å². The van der Waals surface area contributed by atoms with Gasteiger partial charge in [-0.1, -0.05) is 6.42 Å². The maximum atomic E-state index is 12.5. The molecule has 0 bridgehead atoms. The number of thiazole rings is 1. The van der Waals surface area contributed by atoms with Crippen molar-refractivity contribution >= 4 is 11.3 Å². The lowest BCUT2D eigenvalue weighted by atomic mass is 10.0. The van der Waals surface area contributed by atoms with Crippen LogP contribution in [0.25, 0.3) is 0 Å². The van der Waals surface area contributed by atoms with Gasteiger partial charge in [0.1, 0.15) is 0 Å². The second kappa shape index (κ2) is 4.20. The van der Waals surface area contributed by atoms with E-state index in [2.05, 4.69) is 10.3 Å². The topological polar surface area (TPSA) is 24.9 Å². The molecule has 1 aromatic rings. The summed E-state index contributed by atoms with van der Waals surface area (Å²) >= 11 is 0.781. The summed E-state index contributed by atoms with van der Waals surface area (Å²) in [4.78, 5) is 4.24. The van der Waals surface area contributed by atoms with Crippen molar-refractivity contribution in [3.05, 3.63) is 16.1 Å². The first-order chi connectivity index (χ1) is 8.52. The van der Waals surface area contributed by atoms with Crippen molar-refractivity contribution in [3.8, 4) is 0 Å². The van der Waals surface area contributed by atoms with Gasteiger partial charge in [-0.15, -0.1) is 11.3 Å². The van der Waals surface area contributed by atoms with Gasteiger partial charge >= 0.3 is 6.18 Å². The lowest BCUT2D eigenvalue weighted by Gasteiger charge is -2.16. The van der Waals surface area contributed by atoms with E-state index in [1.807, 2.05) is 7.05 Å². The van der Waals surface area contributed by atoms with Crippen LogP contribution < -0.4 is 5.32 Å². The minimum atomic E-state index is -4.32. The van der Waals surface area contributed by atoms with Gasteiger partial charge in [0.15, 0.2) is 5.01 Å². The highest BCUT2D eigenvalue weighted by molar-refractivity contribution is 7.11. The van der Waals surface area contributed by atoms with Crippen LogP contribution >= 0.6 is 11.3 Å². The molecule has 3 rings (SSSR count). The van der Waals surface area contributed by atoms with Gasteiger partial charge in [0.2, 0.25) is 0 Å². The summed E-state index contributed by atoms with van der Waals surface area (Å²) in [5.41, 5.74) is 0. The Labute approximate surface area is 108 Å². The maximum absolute atomic E-state index is 12.5. The molecular weight excluding hydrogens is 261 g/mol. The Morgan fingerprint density at radius 3 is 2.56 bits per heavy atom. The zero-order chi connectivity index (χ0) is 12.9. The van der Waals surface area contributed by atoms with Gasteiger partial charge in [-0.3, -0.25) is 0 Å². The third-order valence-corrected chi connectivity index (χ3v) is 5.37. The number of hydrogen-bond donors (Lipinski definition) is 1. The van der Waals surface area contributed by atoms with Crippen molar-refractivity contribution < 1.29 is 13.2 Å². The molecule has 2 fully saturated rings. The lowest BCUT2D eigenvalue weighted by Crippen LogP contribution is -2.19. The van der Waals surface area contributed by atoms with E-state index in [4.69, 9.17) is 0 Å². The molecule has 2 saturated carbocycles.